The molecule has 1 aliphatic carbocycles. The van der Waals surface area contributed by atoms with Gasteiger partial charge in [-0.05, 0) is 101 Å². The van der Waals surface area contributed by atoms with E-state index >= 15 is 0 Å². The molecule has 19 nitrogen and oxygen atoms in total. The molecule has 2 saturated heterocycles. The van der Waals surface area contributed by atoms with Crippen LogP contribution in [0.4, 0.5) is 0 Å². The van der Waals surface area contributed by atoms with Gasteiger partial charge in [-0.15, -0.1) is 0 Å². The van der Waals surface area contributed by atoms with E-state index in [9.17, 15) is 39.0 Å². The fraction of sp³-hybridized carbons (Fsp3) is 0.736. The number of aliphatic hydroxyl groups excluding tert-OH is 1. The van der Waals surface area contributed by atoms with Gasteiger partial charge in [-0.3, -0.25) is 19.2 Å². The molecule has 0 unspecified atom stereocenters. The Morgan fingerprint density at radius 2 is 1.62 bits per heavy atom. The number of nitrogens with two attached hydrogens (primary N) is 2. The molecule has 2 bridgehead atoms. The summed E-state index contributed by atoms with van der Waals surface area (Å²) in [6.07, 6.45) is 9.43. The highest BCUT2D eigenvalue weighted by molar-refractivity contribution is 6.39. The molecule has 3 aliphatic heterocycles. The molecule has 19 heteroatoms. The highest BCUT2D eigenvalue weighted by Gasteiger charge is 2.53. The number of carbonyl (C=O) groups excluding carboxylic acids is 5. The lowest BCUT2D eigenvalue weighted by atomic mass is 9.78. The Kier molecular flexibility index (Phi) is 24.5. The third kappa shape index (κ3) is 17.0. The molecule has 72 heavy (non-hydrogen) atoms. The molecule has 7 N–H and O–H groups in total. The van der Waals surface area contributed by atoms with Gasteiger partial charge in [-0.1, -0.05) is 57.2 Å². The fourth-order valence-corrected chi connectivity index (χ4v) is 10.4. The van der Waals surface area contributed by atoms with Crippen molar-refractivity contribution in [2.24, 2.45) is 35.1 Å². The number of rotatable bonds is 12. The van der Waals surface area contributed by atoms with E-state index in [4.69, 9.17) is 49.7 Å². The van der Waals surface area contributed by atoms with Gasteiger partial charge < -0.3 is 64.8 Å². The molecule has 4 rings (SSSR count). The van der Waals surface area contributed by atoms with E-state index < -0.39 is 108 Å². The zero-order valence-electron chi connectivity index (χ0n) is 43.6. The average molecular weight is 1020 g/mol. The molecular weight excluding hydrogens is 935 g/mol. The summed E-state index contributed by atoms with van der Waals surface area (Å²) in [6.45, 7) is 8.51. The minimum atomic E-state index is -2.48. The zero-order valence-corrected chi connectivity index (χ0v) is 43.6. The molecule has 0 radical (unpaired) electrons. The molecule has 406 valence electrons. The normalized spacial score (nSPS) is 36.4. The minimum Gasteiger partial charge on any atom is -0.480 e. The number of cyclic esters (lactones) is 1. The first-order chi connectivity index (χ1) is 34.1. The van der Waals surface area contributed by atoms with Crippen LogP contribution in [0.25, 0.3) is 0 Å². The van der Waals surface area contributed by atoms with Crippen molar-refractivity contribution in [3.8, 4) is 0 Å². The van der Waals surface area contributed by atoms with Gasteiger partial charge in [-0.2, -0.15) is 0 Å². The van der Waals surface area contributed by atoms with E-state index in [1.54, 1.807) is 52.4 Å². The smallest absolute Gasteiger partial charge is 0.329 e. The van der Waals surface area contributed by atoms with Crippen LogP contribution in [0.3, 0.4) is 0 Å². The van der Waals surface area contributed by atoms with Crippen molar-refractivity contribution in [3.05, 3.63) is 47.6 Å². The molecule has 1 saturated carbocycles. The second kappa shape index (κ2) is 29.2. The molecule has 3 heterocycles. The maximum Gasteiger partial charge on any atom is 0.329 e. The number of carboxylic acids is 1. The number of allylic oxidation sites excluding steroid dienone is 4. The number of piperidine rings is 1. The summed E-state index contributed by atoms with van der Waals surface area (Å²) in [5.41, 5.74) is 13.9. The Labute approximate surface area is 425 Å². The molecule has 0 aromatic heterocycles. The number of ether oxygens (including phenoxy) is 7. The summed E-state index contributed by atoms with van der Waals surface area (Å²) in [5, 5.41) is 32.3. The zero-order chi connectivity index (χ0) is 53.3. The second-order valence-electron chi connectivity index (χ2n) is 20.3. The Morgan fingerprint density at radius 1 is 0.889 bits per heavy atom. The number of fused-ring (bicyclic) bond motifs is 3. The van der Waals surface area contributed by atoms with E-state index in [1.807, 2.05) is 19.9 Å². The topological polar surface area (TPSA) is 283 Å². The lowest BCUT2D eigenvalue weighted by Gasteiger charge is -2.42. The van der Waals surface area contributed by atoms with Crippen LogP contribution < -0.4 is 11.5 Å². The molecule has 0 aromatic carbocycles. The SMILES string of the molecule is CO[C@H]1C[C@@H]2CC[C@@H](C)[C@@](O)(O2)C(=O)C(=O)N2CCCC[C@H]2C(=O)O[C@H]([C@@H](C)C[C@H]2CC[C@@H](OCCOCC(=O)O)[C@H](OC)C2)CC(=O)[C@H](N)/C=C(\C)[C@@H](O)[C@@H](OC)C(=O)[C@H](C)C[C@H](N)/C=C/C=CC=C1C. The second-order valence-corrected chi connectivity index (χ2v) is 20.3. The van der Waals surface area contributed by atoms with Gasteiger partial charge in [0.05, 0.1) is 43.7 Å². The largest absolute Gasteiger partial charge is 0.480 e. The standard InChI is InChI=1S/C53H83N3O16/c1-31-14-10-9-11-15-37(54)25-33(3)47(60)49(68-8)48(61)34(4)26-39(55)41(57)29-44(32(2)24-36-18-20-42(45(27-36)67-7)70-23-22-69-30-46(58)59)71-52(64)40-16-12-13-21-56(40)51(63)50(62)53(65)35(5)17-19-38(72-53)28-43(31)66-6/h9-11,14-15,26,32-33,35-40,42-45,48-49,61,65H,12-13,16-25,27-30,54-55H2,1-8H3,(H,58,59)/b10-9?,15-11+,31-14?,34-26+/t32-,33+,35+,36+,37+,38-,39+,40-,42+,43-,44-,45+,48+,49-,53+/m0/s1. The summed E-state index contributed by atoms with van der Waals surface area (Å²) in [4.78, 5) is 82.8. The van der Waals surface area contributed by atoms with Crippen LogP contribution in [0.1, 0.15) is 112 Å². The van der Waals surface area contributed by atoms with Crippen LogP contribution >= 0.6 is 0 Å². The number of Topliss-reactive ketones (excluding diaryl/α,β-unsaturated/α-hetero) is 3. The van der Waals surface area contributed by atoms with Crippen LogP contribution in [-0.2, 0) is 61.9 Å². The number of aliphatic carboxylic acids is 1. The van der Waals surface area contributed by atoms with Gasteiger partial charge in [0.15, 0.2) is 11.6 Å². The highest BCUT2D eigenvalue weighted by atomic mass is 16.6. The Bertz CT molecular complexity index is 1960. The summed E-state index contributed by atoms with van der Waals surface area (Å²) in [7, 11) is 4.44. The maximum atomic E-state index is 14.5. The Morgan fingerprint density at radius 3 is 2.31 bits per heavy atom. The van der Waals surface area contributed by atoms with Crippen LogP contribution in [0.5, 0.6) is 0 Å². The van der Waals surface area contributed by atoms with Gasteiger partial charge in [0, 0.05) is 58.6 Å². The average Bonchev–Trinajstić information content (AvgIpc) is 3.35. The number of carbonyl (C=O) groups is 6. The number of esters is 1. The van der Waals surface area contributed by atoms with E-state index in [0.29, 0.717) is 51.4 Å². The molecule has 0 aromatic rings. The van der Waals surface area contributed by atoms with E-state index in [0.717, 1.165) is 10.5 Å². The van der Waals surface area contributed by atoms with Gasteiger partial charge in [0.2, 0.25) is 5.79 Å². The number of ketones is 3. The van der Waals surface area contributed by atoms with E-state index in [-0.39, 0.29) is 74.9 Å². The number of hydrogen-bond acceptors (Lipinski definition) is 17. The predicted molar refractivity (Wildman–Crippen MR) is 265 cm³/mol. The van der Waals surface area contributed by atoms with Crippen LogP contribution in [0.15, 0.2) is 47.6 Å². The van der Waals surface area contributed by atoms with Crippen molar-refractivity contribution >= 4 is 35.2 Å². The van der Waals surface area contributed by atoms with E-state index in [1.165, 1.54) is 20.1 Å². The highest BCUT2D eigenvalue weighted by Crippen LogP contribution is 2.38. The third-order valence-corrected chi connectivity index (χ3v) is 14.9. The lowest BCUT2D eigenvalue weighted by molar-refractivity contribution is -0.265. The number of amides is 1. The minimum absolute atomic E-state index is 0.0399. The van der Waals surface area contributed by atoms with Crippen molar-refractivity contribution in [3.63, 3.8) is 0 Å². The molecule has 1 amide bonds. The molecule has 3 fully saturated rings. The van der Waals surface area contributed by atoms with Crippen molar-refractivity contribution in [2.75, 3.05) is 47.7 Å². The van der Waals surface area contributed by atoms with Crippen molar-refractivity contribution < 1.29 is 77.2 Å². The van der Waals surface area contributed by atoms with Gasteiger partial charge in [0.25, 0.3) is 11.7 Å². The first-order valence-corrected chi connectivity index (χ1v) is 25.6. The monoisotopic (exact) mass is 1020 g/mol. The van der Waals surface area contributed by atoms with Crippen molar-refractivity contribution in [1.82, 2.24) is 4.90 Å². The maximum absolute atomic E-state index is 14.5. The van der Waals surface area contributed by atoms with Crippen LogP contribution in [0.2, 0.25) is 0 Å². The van der Waals surface area contributed by atoms with Gasteiger partial charge in [0.1, 0.15) is 31.0 Å². The van der Waals surface area contributed by atoms with Crippen LogP contribution in [-0.4, -0.2) is 170 Å². The first-order valence-electron chi connectivity index (χ1n) is 25.6. The number of aliphatic hydroxyl groups is 2. The third-order valence-electron chi connectivity index (χ3n) is 14.9. The Balaban J connectivity index is 1.66. The van der Waals surface area contributed by atoms with Gasteiger partial charge >= 0.3 is 11.9 Å². The summed E-state index contributed by atoms with van der Waals surface area (Å²) < 4.78 is 40.7. The number of methoxy groups -OCH3 is 3. The summed E-state index contributed by atoms with van der Waals surface area (Å²) in [6, 6.07) is -3.02. The first kappa shape index (κ1) is 60.5. The lowest BCUT2D eigenvalue weighted by Crippen LogP contribution is -2.61. The van der Waals surface area contributed by atoms with Gasteiger partial charge in [-0.25, -0.2) is 9.59 Å². The molecule has 15 atom stereocenters. The van der Waals surface area contributed by atoms with Crippen LogP contribution in [0, 0.1) is 23.7 Å². The predicted octanol–water partition coefficient (Wildman–Crippen LogP) is 3.69. The molecular formula is C53H83N3O16. The quantitative estimate of drug-likeness (QED) is 0.0807. The number of hydrogen-bond donors (Lipinski definition) is 5. The van der Waals surface area contributed by atoms with Crippen molar-refractivity contribution in [2.45, 2.75) is 178 Å². The molecule has 0 spiro atoms. The summed E-state index contributed by atoms with van der Waals surface area (Å²) >= 11 is 0. The van der Waals surface area contributed by atoms with E-state index in [2.05, 4.69) is 0 Å². The summed E-state index contributed by atoms with van der Waals surface area (Å²) in [5.74, 6) is -9.30. The fourth-order valence-electron chi connectivity index (χ4n) is 10.4. The number of carboxylic acid groups (broad SMARTS) is 1. The molecule has 4 aliphatic rings. The number of nitrogens with zero attached hydrogens (tertiary/aromatic N) is 1. The Hall–Kier alpha value is -4.02. The van der Waals surface area contributed by atoms with Crippen molar-refractivity contribution in [1.29, 1.82) is 0 Å².